The number of benzene rings is 2. The molecule has 0 aliphatic carbocycles. The molecule has 10 nitrogen and oxygen atoms in total. The largest absolute Gasteiger partial charge is 0.507 e. The summed E-state index contributed by atoms with van der Waals surface area (Å²) in [4.78, 5) is 0. The lowest BCUT2D eigenvalue weighted by molar-refractivity contribution is -0.242. The van der Waals surface area contributed by atoms with Crippen LogP contribution < -0.4 is 4.74 Å². The van der Waals surface area contributed by atoms with Crippen molar-refractivity contribution in [3.05, 3.63) is 36.4 Å². The minimum Gasteiger partial charge on any atom is -0.507 e. The number of aromatic hydroxyl groups is 4. The molecule has 0 spiro atoms. The van der Waals surface area contributed by atoms with Crippen molar-refractivity contribution in [2.24, 2.45) is 0 Å². The Morgan fingerprint density at radius 3 is 2.37 bits per heavy atom. The van der Waals surface area contributed by atoms with Crippen LogP contribution in [0.2, 0.25) is 0 Å². The molecule has 1 aliphatic rings. The molecule has 2 heterocycles. The van der Waals surface area contributed by atoms with E-state index in [-0.39, 0.29) is 51.9 Å². The molecule has 0 radical (unpaired) electrons. The third-order valence-corrected chi connectivity index (χ3v) is 4.75. The van der Waals surface area contributed by atoms with Crippen LogP contribution in [0.4, 0.5) is 0 Å². The second-order valence-electron chi connectivity index (χ2n) is 6.89. The van der Waals surface area contributed by atoms with Crippen molar-refractivity contribution in [1.82, 2.24) is 0 Å². The van der Waals surface area contributed by atoms with Gasteiger partial charge in [-0.05, 0) is 12.1 Å². The molecule has 1 fully saturated rings. The molecule has 158 valence electrons. The fourth-order valence-electron chi connectivity index (χ4n) is 3.15. The first kappa shape index (κ1) is 20.0. The van der Waals surface area contributed by atoms with Crippen LogP contribution in [0.5, 0.6) is 28.7 Å². The van der Waals surface area contributed by atoms with Gasteiger partial charge in [-0.3, -0.25) is 0 Å². The fraction of sp³-hybridized carbons (Fsp3) is 0.250. The van der Waals surface area contributed by atoms with Crippen LogP contribution in [0.1, 0.15) is 0 Å². The molecule has 0 saturated carbocycles. The average Bonchev–Trinajstić information content (AvgIpc) is 2.70. The van der Waals surface area contributed by atoms with Crippen LogP contribution in [-0.4, -0.2) is 67.0 Å². The highest BCUT2D eigenvalue weighted by Crippen LogP contribution is 2.41. The molecule has 4 atom stereocenters. The quantitative estimate of drug-likeness (QED) is 0.240. The SMILES string of the molecule is Oc1cc(O)c2cc(OC3OC[C@@H](O)[C@H](O)C3O)c(-c3ccc(O)c(O)c3)[o+]c2c1. The van der Waals surface area contributed by atoms with Crippen LogP contribution in [-0.2, 0) is 4.74 Å². The van der Waals surface area contributed by atoms with Gasteiger partial charge in [0.25, 0.3) is 0 Å². The molecular weight excluding hydrogens is 400 g/mol. The molecule has 1 saturated heterocycles. The maximum Gasteiger partial charge on any atom is 0.402 e. The average molecular weight is 419 g/mol. The Labute approximate surface area is 169 Å². The van der Waals surface area contributed by atoms with E-state index in [1.165, 1.54) is 30.3 Å². The summed E-state index contributed by atoms with van der Waals surface area (Å²) in [6.07, 6.45) is -5.76. The predicted octanol–water partition coefficient (Wildman–Crippen LogP) is 1.02. The minimum absolute atomic E-state index is 0.0132. The van der Waals surface area contributed by atoms with E-state index >= 15 is 0 Å². The van der Waals surface area contributed by atoms with Gasteiger partial charge in [0, 0.05) is 18.2 Å². The van der Waals surface area contributed by atoms with Crippen LogP contribution in [0.3, 0.4) is 0 Å². The van der Waals surface area contributed by atoms with Gasteiger partial charge in [-0.2, -0.15) is 0 Å². The number of ether oxygens (including phenoxy) is 2. The highest BCUT2D eigenvalue weighted by molar-refractivity contribution is 5.88. The molecule has 7 N–H and O–H groups in total. The van der Waals surface area contributed by atoms with Gasteiger partial charge in [0.2, 0.25) is 12.0 Å². The molecule has 2 unspecified atom stereocenters. The number of rotatable bonds is 3. The monoisotopic (exact) mass is 419 g/mol. The Bertz CT molecular complexity index is 1100. The molecular formula is C20H19O10+. The van der Waals surface area contributed by atoms with Crippen molar-refractivity contribution in [3.8, 4) is 40.1 Å². The van der Waals surface area contributed by atoms with E-state index in [0.717, 1.165) is 6.07 Å². The van der Waals surface area contributed by atoms with Gasteiger partial charge in [0.1, 0.15) is 35.2 Å². The molecule has 2 aromatic carbocycles. The summed E-state index contributed by atoms with van der Waals surface area (Å²) in [5.41, 5.74) is 0.346. The first-order chi connectivity index (χ1) is 14.2. The molecule has 10 heteroatoms. The van der Waals surface area contributed by atoms with Crippen LogP contribution in [0.15, 0.2) is 40.8 Å². The number of aliphatic hydroxyl groups excluding tert-OH is 3. The van der Waals surface area contributed by atoms with Crippen molar-refractivity contribution in [2.45, 2.75) is 24.6 Å². The van der Waals surface area contributed by atoms with Crippen LogP contribution in [0, 0.1) is 0 Å². The van der Waals surface area contributed by atoms with E-state index in [2.05, 4.69) is 0 Å². The summed E-state index contributed by atoms with van der Waals surface area (Å²) in [6.45, 7) is -0.290. The highest BCUT2D eigenvalue weighted by atomic mass is 16.7. The summed E-state index contributed by atoms with van der Waals surface area (Å²) in [5.74, 6) is -1.37. The summed E-state index contributed by atoms with van der Waals surface area (Å²) in [5, 5.41) is 69.1. The maximum absolute atomic E-state index is 10.2. The van der Waals surface area contributed by atoms with Gasteiger partial charge in [-0.1, -0.05) is 0 Å². The van der Waals surface area contributed by atoms with Crippen molar-refractivity contribution in [3.63, 3.8) is 0 Å². The van der Waals surface area contributed by atoms with E-state index in [0.29, 0.717) is 0 Å². The van der Waals surface area contributed by atoms with Crippen molar-refractivity contribution in [2.75, 3.05) is 6.61 Å². The molecule has 3 aromatic rings. The van der Waals surface area contributed by atoms with Crippen LogP contribution >= 0.6 is 0 Å². The third-order valence-electron chi connectivity index (χ3n) is 4.75. The van der Waals surface area contributed by atoms with E-state index in [1.54, 1.807) is 0 Å². The second-order valence-corrected chi connectivity index (χ2v) is 6.89. The lowest BCUT2D eigenvalue weighted by Gasteiger charge is -2.34. The number of phenols is 4. The van der Waals surface area contributed by atoms with Gasteiger partial charge in [0.05, 0.1) is 18.2 Å². The fourth-order valence-corrected chi connectivity index (χ4v) is 3.15. The molecule has 0 amide bonds. The molecule has 30 heavy (non-hydrogen) atoms. The Morgan fingerprint density at radius 1 is 0.867 bits per heavy atom. The van der Waals surface area contributed by atoms with Gasteiger partial charge >= 0.3 is 11.3 Å². The van der Waals surface area contributed by atoms with Gasteiger partial charge < -0.3 is 45.2 Å². The number of phenolic OH excluding ortho intramolecular Hbond substituents is 4. The third kappa shape index (κ3) is 3.53. The van der Waals surface area contributed by atoms with Crippen molar-refractivity contribution >= 4 is 11.0 Å². The van der Waals surface area contributed by atoms with E-state index in [1.807, 2.05) is 0 Å². The smallest absolute Gasteiger partial charge is 0.402 e. The molecule has 1 aliphatic heterocycles. The second kappa shape index (κ2) is 7.50. The first-order valence-corrected chi connectivity index (χ1v) is 8.92. The van der Waals surface area contributed by atoms with Crippen molar-refractivity contribution in [1.29, 1.82) is 0 Å². The predicted molar refractivity (Wildman–Crippen MR) is 101 cm³/mol. The maximum atomic E-state index is 10.2. The van der Waals surface area contributed by atoms with Gasteiger partial charge in [-0.25, -0.2) is 4.42 Å². The zero-order valence-corrected chi connectivity index (χ0v) is 15.3. The standard InChI is InChI=1S/C20H18O10/c21-9-4-12(23)10-6-16(30-20-18(27)17(26)14(25)7-28-20)19(29-15(10)5-9)8-1-2-11(22)13(24)3-8/h1-6,14,17-18,20,25-27H,7H2,(H3-,21,22,23,24)/p+1/t14-,17+,18?,20?/m1/s1. The number of aliphatic hydroxyl groups is 3. The van der Waals surface area contributed by atoms with Gasteiger partial charge in [0.15, 0.2) is 11.5 Å². The van der Waals surface area contributed by atoms with E-state index in [9.17, 15) is 35.7 Å². The van der Waals surface area contributed by atoms with Gasteiger partial charge in [-0.15, -0.1) is 0 Å². The molecule has 1 aromatic heterocycles. The van der Waals surface area contributed by atoms with E-state index in [4.69, 9.17) is 13.9 Å². The zero-order chi connectivity index (χ0) is 21.6. The first-order valence-electron chi connectivity index (χ1n) is 8.92. The number of hydrogen-bond acceptors (Lipinski definition) is 9. The number of fused-ring (bicyclic) bond motifs is 1. The normalized spacial score (nSPS) is 24.1. The van der Waals surface area contributed by atoms with E-state index < -0.39 is 30.4 Å². The van der Waals surface area contributed by atoms with Crippen LogP contribution in [0.25, 0.3) is 22.3 Å². The summed E-state index contributed by atoms with van der Waals surface area (Å²) in [7, 11) is 0. The Balaban J connectivity index is 1.84. The summed E-state index contributed by atoms with van der Waals surface area (Å²) >= 11 is 0. The lowest BCUT2D eigenvalue weighted by atomic mass is 10.1. The number of hydrogen-bond donors (Lipinski definition) is 7. The Hall–Kier alpha value is -3.31. The summed E-state index contributed by atoms with van der Waals surface area (Å²) in [6, 6.07) is 7.56. The molecule has 4 rings (SSSR count). The minimum atomic E-state index is -1.58. The topological polar surface area (TPSA) is 171 Å². The highest BCUT2D eigenvalue weighted by Gasteiger charge is 2.40. The zero-order valence-electron chi connectivity index (χ0n) is 15.3. The lowest BCUT2D eigenvalue weighted by Crippen LogP contribution is -2.54. The summed E-state index contributed by atoms with van der Waals surface area (Å²) < 4.78 is 16.7. The Kier molecular flexibility index (Phi) is 5.00. The van der Waals surface area contributed by atoms with Crippen molar-refractivity contribution < 1.29 is 49.6 Å². The Morgan fingerprint density at radius 2 is 1.63 bits per heavy atom. The molecule has 0 bridgehead atoms.